The third kappa shape index (κ3) is 3.08. The van der Waals surface area contributed by atoms with Crippen LogP contribution in [0.5, 0.6) is 0 Å². The van der Waals surface area contributed by atoms with Crippen LogP contribution in [0, 0.1) is 21.8 Å². The van der Waals surface area contributed by atoms with E-state index in [9.17, 15) is 28.9 Å². The minimum Gasteiger partial charge on any atom is -0.307 e. The van der Waals surface area contributed by atoms with Crippen LogP contribution < -0.4 is 9.77 Å². The number of nitrogens with one attached hydrogen (secondary N) is 1. The van der Waals surface area contributed by atoms with E-state index in [0.717, 1.165) is 28.0 Å². The van der Waals surface area contributed by atoms with E-state index in [2.05, 4.69) is 4.98 Å². The zero-order valence-electron chi connectivity index (χ0n) is 15.5. The van der Waals surface area contributed by atoms with Gasteiger partial charge in [0.2, 0.25) is 11.8 Å². The van der Waals surface area contributed by atoms with Gasteiger partial charge in [-0.15, -0.1) is 0 Å². The normalized spacial score (nSPS) is 22.4. The van der Waals surface area contributed by atoms with Gasteiger partial charge in [0.05, 0.1) is 21.6 Å². The van der Waals surface area contributed by atoms with Gasteiger partial charge in [0.1, 0.15) is 11.1 Å². The van der Waals surface area contributed by atoms with Crippen LogP contribution in [-0.2, 0) is 9.59 Å². The summed E-state index contributed by atoms with van der Waals surface area (Å²) in [6, 6.07) is 10.8. The van der Waals surface area contributed by atoms with Crippen molar-refractivity contribution >= 4 is 46.3 Å². The van der Waals surface area contributed by atoms with Crippen LogP contribution in [0.15, 0.2) is 58.4 Å². The first-order valence-electron chi connectivity index (χ1n) is 9.12. The fourth-order valence-electron chi connectivity index (χ4n) is 4.02. The van der Waals surface area contributed by atoms with Gasteiger partial charge in [-0.3, -0.25) is 24.5 Å². The van der Waals surface area contributed by atoms with Crippen molar-refractivity contribution in [3.63, 3.8) is 0 Å². The number of fused-ring (bicyclic) bond motifs is 2. The highest BCUT2D eigenvalue weighted by Crippen LogP contribution is 2.53. The molecule has 2 aliphatic rings. The lowest BCUT2D eigenvalue weighted by Crippen LogP contribution is -2.32. The zero-order chi connectivity index (χ0) is 21.9. The van der Waals surface area contributed by atoms with Crippen LogP contribution >= 0.6 is 23.1 Å². The first kappa shape index (κ1) is 19.6. The number of anilines is 1. The number of thioether (sulfide) groups is 1. The lowest BCUT2D eigenvalue weighted by molar-refractivity contribution is -0.384. The Morgan fingerprint density at radius 3 is 2.32 bits per heavy atom. The van der Waals surface area contributed by atoms with Crippen LogP contribution in [0.25, 0.3) is 0 Å². The largest absolute Gasteiger partial charge is 0.307 e. The third-order valence-electron chi connectivity index (χ3n) is 5.37. The molecule has 1 N–H and O–H groups in total. The minimum atomic E-state index is -0.794. The van der Waals surface area contributed by atoms with Crippen molar-refractivity contribution < 1.29 is 18.9 Å². The van der Waals surface area contributed by atoms with E-state index in [0.29, 0.717) is 15.5 Å². The van der Waals surface area contributed by atoms with E-state index in [4.69, 9.17) is 0 Å². The highest BCUT2D eigenvalue weighted by Gasteiger charge is 2.56. The van der Waals surface area contributed by atoms with Crippen molar-refractivity contribution in [1.82, 2.24) is 4.98 Å². The number of H-pyrrole nitrogens is 1. The molecule has 2 unspecified atom stereocenters. The van der Waals surface area contributed by atoms with Gasteiger partial charge in [0.25, 0.3) is 5.69 Å². The van der Waals surface area contributed by atoms with Gasteiger partial charge < -0.3 is 4.98 Å². The number of carbonyl (C=O) groups is 2. The number of nitro groups is 1. The maximum absolute atomic E-state index is 13.5. The van der Waals surface area contributed by atoms with Gasteiger partial charge in [0, 0.05) is 22.9 Å². The number of hydrogen-bond donors (Lipinski definition) is 1. The van der Waals surface area contributed by atoms with Gasteiger partial charge in [-0.05, 0) is 29.8 Å². The van der Waals surface area contributed by atoms with Crippen molar-refractivity contribution in [2.75, 3.05) is 4.90 Å². The molecule has 2 aromatic carbocycles. The Labute approximate surface area is 181 Å². The molecular weight excluding hydrogens is 445 g/mol. The SMILES string of the molecule is O=C1C2Sc3[nH]c(=O)sc3[C@H](c3ccc(F)cc3)C2C(=O)N1c1ccc([N+](=O)[O-])cc1. The lowest BCUT2D eigenvalue weighted by Gasteiger charge is -2.29. The topological polar surface area (TPSA) is 113 Å². The molecule has 0 bridgehead atoms. The predicted octanol–water partition coefficient (Wildman–Crippen LogP) is 3.28. The summed E-state index contributed by atoms with van der Waals surface area (Å²) in [7, 11) is 0. The minimum absolute atomic E-state index is 0.154. The Hall–Kier alpha value is -3.31. The molecule has 1 saturated heterocycles. The fraction of sp³-hybridized carbons (Fsp3) is 0.150. The van der Waals surface area contributed by atoms with E-state index < -0.39 is 39.6 Å². The molecule has 2 aliphatic heterocycles. The molecule has 0 spiro atoms. The number of halogens is 1. The van der Waals surface area contributed by atoms with Crippen LogP contribution in [-0.4, -0.2) is 27.0 Å². The zero-order valence-corrected chi connectivity index (χ0v) is 17.1. The first-order valence-corrected chi connectivity index (χ1v) is 10.8. The monoisotopic (exact) mass is 457 g/mol. The lowest BCUT2D eigenvalue weighted by atomic mass is 9.83. The quantitative estimate of drug-likeness (QED) is 0.367. The van der Waals surface area contributed by atoms with E-state index in [1.807, 2.05) is 0 Å². The maximum atomic E-state index is 13.5. The second-order valence-corrected chi connectivity index (χ2v) is 9.25. The van der Waals surface area contributed by atoms with Crippen molar-refractivity contribution in [2.24, 2.45) is 5.92 Å². The summed E-state index contributed by atoms with van der Waals surface area (Å²) in [6.45, 7) is 0. The van der Waals surface area contributed by atoms with Gasteiger partial charge in [-0.1, -0.05) is 35.2 Å². The summed E-state index contributed by atoms with van der Waals surface area (Å²) in [5.41, 5.74) is 0.712. The highest BCUT2D eigenvalue weighted by molar-refractivity contribution is 8.00. The average molecular weight is 457 g/mol. The molecule has 3 aromatic rings. The molecule has 5 rings (SSSR count). The molecule has 1 fully saturated rings. The summed E-state index contributed by atoms with van der Waals surface area (Å²) in [5, 5.41) is 10.7. The van der Waals surface area contributed by atoms with Crippen LogP contribution in [0.4, 0.5) is 15.8 Å². The van der Waals surface area contributed by atoms with E-state index in [-0.39, 0.29) is 16.2 Å². The third-order valence-corrected chi connectivity index (χ3v) is 7.77. The van der Waals surface area contributed by atoms with Crippen LogP contribution in [0.2, 0.25) is 0 Å². The summed E-state index contributed by atoms with van der Waals surface area (Å²) >= 11 is 2.10. The molecule has 1 aromatic heterocycles. The summed E-state index contributed by atoms with van der Waals surface area (Å²) in [4.78, 5) is 53.1. The number of hydrogen-bond acceptors (Lipinski definition) is 7. The van der Waals surface area contributed by atoms with E-state index >= 15 is 0 Å². The number of thiazole rings is 1. The Morgan fingerprint density at radius 1 is 1.00 bits per heavy atom. The average Bonchev–Trinajstić information content (AvgIpc) is 3.23. The number of aromatic nitrogens is 1. The molecule has 0 aliphatic carbocycles. The Kier molecular flexibility index (Phi) is 4.52. The molecular formula is C20H12FN3O5S2. The number of imide groups is 1. The van der Waals surface area contributed by atoms with Gasteiger partial charge in [-0.2, -0.15) is 0 Å². The van der Waals surface area contributed by atoms with Crippen LogP contribution in [0.1, 0.15) is 16.4 Å². The van der Waals surface area contributed by atoms with Gasteiger partial charge in [0.15, 0.2) is 0 Å². The number of benzene rings is 2. The summed E-state index contributed by atoms with van der Waals surface area (Å²) in [5.74, 6) is -2.74. The Bertz CT molecular complexity index is 1290. The van der Waals surface area contributed by atoms with Crippen molar-refractivity contribution in [1.29, 1.82) is 0 Å². The smallest absolute Gasteiger partial charge is 0.305 e. The number of nitro benzene ring substituents is 1. The Morgan fingerprint density at radius 2 is 1.68 bits per heavy atom. The second kappa shape index (κ2) is 7.13. The van der Waals surface area contributed by atoms with Crippen LogP contribution in [0.3, 0.4) is 0 Å². The van der Waals surface area contributed by atoms with E-state index in [1.54, 1.807) is 12.1 Å². The van der Waals surface area contributed by atoms with Crippen molar-refractivity contribution in [3.05, 3.63) is 84.6 Å². The molecule has 156 valence electrons. The number of nitrogens with zero attached hydrogens (tertiary/aromatic N) is 2. The first-order chi connectivity index (χ1) is 14.8. The molecule has 3 heterocycles. The summed E-state index contributed by atoms with van der Waals surface area (Å²) < 4.78 is 13.5. The van der Waals surface area contributed by atoms with Gasteiger partial charge in [-0.25, -0.2) is 9.29 Å². The highest BCUT2D eigenvalue weighted by atomic mass is 32.2. The molecule has 0 radical (unpaired) electrons. The molecule has 0 saturated carbocycles. The number of amides is 2. The molecule has 8 nitrogen and oxygen atoms in total. The van der Waals surface area contributed by atoms with Gasteiger partial charge >= 0.3 is 4.87 Å². The number of non-ortho nitro benzene ring substituents is 1. The second-order valence-electron chi connectivity index (χ2n) is 7.09. The molecule has 11 heteroatoms. The fourth-order valence-corrected chi connectivity index (χ4v) is 6.54. The molecule has 2 amide bonds. The molecule has 3 atom stereocenters. The molecule has 31 heavy (non-hydrogen) atoms. The van der Waals surface area contributed by atoms with Crippen molar-refractivity contribution in [2.45, 2.75) is 16.2 Å². The Balaban J connectivity index is 1.60. The van der Waals surface area contributed by atoms with E-state index in [1.165, 1.54) is 36.4 Å². The standard InChI is InChI=1S/C20H12FN3O5S2/c21-10-3-1-9(2-4-10)13-14-16(30-17-15(13)31-20(27)22-17)19(26)23(18(14)25)11-5-7-12(8-6-11)24(28)29/h1-8,13-14,16H,(H,22,27)/t13-,14?,16?/m1/s1. The predicted molar refractivity (Wildman–Crippen MR) is 112 cm³/mol. The summed E-state index contributed by atoms with van der Waals surface area (Å²) in [6.07, 6.45) is 0. The van der Waals surface area contributed by atoms with Crippen molar-refractivity contribution in [3.8, 4) is 0 Å². The number of rotatable bonds is 3. The number of aromatic amines is 1. The maximum Gasteiger partial charge on any atom is 0.305 e. The number of carbonyl (C=O) groups excluding carboxylic acids is 2.